The first-order chi connectivity index (χ1) is 7.69. The van der Waals surface area contributed by atoms with Crippen molar-refractivity contribution in [1.82, 2.24) is 0 Å². The van der Waals surface area contributed by atoms with Crippen LogP contribution in [0.1, 0.15) is 26.3 Å². The van der Waals surface area contributed by atoms with Gasteiger partial charge in [0.05, 0.1) is 4.47 Å². The predicted molar refractivity (Wildman–Crippen MR) is 76.1 cm³/mol. The number of rotatable bonds is 3. The molecule has 4 heteroatoms. The lowest BCUT2D eigenvalue weighted by Gasteiger charge is -2.38. The minimum absolute atomic E-state index is 0.130. The smallest absolute Gasteiger partial charge is 0.198 e. The highest BCUT2D eigenvalue weighted by Gasteiger charge is 2.41. The lowest BCUT2D eigenvalue weighted by molar-refractivity contribution is 0.365. The Hall–Kier alpha value is -0.193. The SMILES string of the molecule is CO[Si](C)(Cc1ccc(Br)c(F)c1)C(C)(C)C. The Kier molecular flexibility index (Phi) is 4.55. The normalized spacial score (nSPS) is 15.7. The Bertz CT molecular complexity index is 403. The van der Waals surface area contributed by atoms with Crippen LogP contribution in [0.4, 0.5) is 4.39 Å². The van der Waals surface area contributed by atoms with Gasteiger partial charge in [0.2, 0.25) is 0 Å². The minimum Gasteiger partial charge on any atom is -0.419 e. The van der Waals surface area contributed by atoms with E-state index in [1.165, 1.54) is 0 Å². The minimum atomic E-state index is -1.89. The van der Waals surface area contributed by atoms with Gasteiger partial charge in [0.25, 0.3) is 0 Å². The van der Waals surface area contributed by atoms with Gasteiger partial charge in [0.15, 0.2) is 8.32 Å². The van der Waals surface area contributed by atoms with Crippen LogP contribution in [0.2, 0.25) is 11.6 Å². The zero-order chi connectivity index (χ0) is 13.3. The number of hydrogen-bond acceptors (Lipinski definition) is 1. The molecule has 0 aliphatic heterocycles. The van der Waals surface area contributed by atoms with Gasteiger partial charge < -0.3 is 4.43 Å². The van der Waals surface area contributed by atoms with Crippen LogP contribution in [0.3, 0.4) is 0 Å². The molecule has 1 unspecified atom stereocenters. The van der Waals surface area contributed by atoms with Gasteiger partial charge in [-0.2, -0.15) is 0 Å². The van der Waals surface area contributed by atoms with Crippen molar-refractivity contribution in [3.8, 4) is 0 Å². The predicted octanol–water partition coefficient (Wildman–Crippen LogP) is 4.69. The maximum absolute atomic E-state index is 13.5. The molecule has 17 heavy (non-hydrogen) atoms. The molecule has 1 atom stereocenters. The van der Waals surface area contributed by atoms with Crippen molar-refractivity contribution in [2.24, 2.45) is 0 Å². The highest BCUT2D eigenvalue weighted by molar-refractivity contribution is 9.10. The Labute approximate surface area is 113 Å². The second-order valence-corrected chi connectivity index (χ2v) is 11.2. The fraction of sp³-hybridized carbons (Fsp3) is 0.538. The average molecular weight is 319 g/mol. The van der Waals surface area contributed by atoms with E-state index in [4.69, 9.17) is 4.43 Å². The van der Waals surface area contributed by atoms with E-state index in [0.29, 0.717) is 4.47 Å². The lowest BCUT2D eigenvalue weighted by atomic mass is 10.2. The largest absolute Gasteiger partial charge is 0.419 e. The van der Waals surface area contributed by atoms with Crippen LogP contribution in [0.25, 0.3) is 0 Å². The molecule has 0 radical (unpaired) electrons. The van der Waals surface area contributed by atoms with Gasteiger partial charge in [-0.15, -0.1) is 0 Å². The van der Waals surface area contributed by atoms with E-state index in [2.05, 4.69) is 43.2 Å². The van der Waals surface area contributed by atoms with Crippen molar-refractivity contribution < 1.29 is 8.82 Å². The fourth-order valence-corrected chi connectivity index (χ4v) is 4.22. The molecule has 0 fully saturated rings. The first-order valence-corrected chi connectivity index (χ1v) is 9.09. The van der Waals surface area contributed by atoms with Crippen molar-refractivity contribution in [1.29, 1.82) is 0 Å². The summed E-state index contributed by atoms with van der Waals surface area (Å²) in [6, 6.07) is 6.15. The third-order valence-electron chi connectivity index (χ3n) is 3.56. The summed E-state index contributed by atoms with van der Waals surface area (Å²) in [5, 5.41) is 0.130. The Morgan fingerprint density at radius 3 is 2.35 bits per heavy atom. The third kappa shape index (κ3) is 3.39. The van der Waals surface area contributed by atoms with E-state index >= 15 is 0 Å². The summed E-state index contributed by atoms with van der Waals surface area (Å²) in [6.45, 7) is 8.78. The Morgan fingerprint density at radius 2 is 1.94 bits per heavy atom. The van der Waals surface area contributed by atoms with E-state index in [0.717, 1.165) is 11.6 Å². The molecule has 1 aromatic rings. The molecule has 0 amide bonds. The van der Waals surface area contributed by atoms with Gasteiger partial charge in [-0.25, -0.2) is 4.39 Å². The summed E-state index contributed by atoms with van der Waals surface area (Å²) in [4.78, 5) is 0. The van der Waals surface area contributed by atoms with Crippen molar-refractivity contribution in [3.63, 3.8) is 0 Å². The van der Waals surface area contributed by atoms with Crippen LogP contribution in [-0.4, -0.2) is 15.4 Å². The summed E-state index contributed by atoms with van der Waals surface area (Å²) in [6.07, 6.45) is 0. The van der Waals surface area contributed by atoms with Gasteiger partial charge in [0, 0.05) is 7.11 Å². The molecule has 0 N–H and O–H groups in total. The molecule has 0 saturated heterocycles. The zero-order valence-corrected chi connectivity index (χ0v) is 13.7. The molecule has 1 aromatic carbocycles. The van der Waals surface area contributed by atoms with E-state index in [9.17, 15) is 4.39 Å². The molecule has 0 saturated carbocycles. The highest BCUT2D eigenvalue weighted by atomic mass is 79.9. The second-order valence-electron chi connectivity index (χ2n) is 5.61. The van der Waals surface area contributed by atoms with Crippen LogP contribution in [0, 0.1) is 5.82 Å². The number of hydrogen-bond donors (Lipinski definition) is 0. The van der Waals surface area contributed by atoms with Crippen LogP contribution in [0.5, 0.6) is 0 Å². The molecule has 0 aliphatic carbocycles. The topological polar surface area (TPSA) is 9.23 Å². The van der Waals surface area contributed by atoms with Crippen molar-refractivity contribution >= 4 is 24.2 Å². The molecule has 0 heterocycles. The van der Waals surface area contributed by atoms with Crippen LogP contribution in [-0.2, 0) is 10.5 Å². The second kappa shape index (κ2) is 5.20. The third-order valence-corrected chi connectivity index (χ3v) is 9.36. The summed E-state index contributed by atoms with van der Waals surface area (Å²) in [5.41, 5.74) is 1.01. The monoisotopic (exact) mass is 318 g/mol. The molecule has 0 aromatic heterocycles. The highest BCUT2D eigenvalue weighted by Crippen LogP contribution is 2.38. The van der Waals surface area contributed by atoms with Crippen LogP contribution < -0.4 is 0 Å². The first-order valence-electron chi connectivity index (χ1n) is 5.69. The summed E-state index contributed by atoms with van der Waals surface area (Å²) < 4.78 is 19.8. The molecule has 0 spiro atoms. The zero-order valence-electron chi connectivity index (χ0n) is 11.1. The molecule has 1 rings (SSSR count). The Balaban J connectivity index is 2.99. The first kappa shape index (κ1) is 14.9. The van der Waals surface area contributed by atoms with Gasteiger partial charge in [0.1, 0.15) is 5.82 Å². The Morgan fingerprint density at radius 1 is 1.35 bits per heavy atom. The molecule has 0 bridgehead atoms. The maximum atomic E-state index is 13.5. The summed E-state index contributed by atoms with van der Waals surface area (Å²) in [5.74, 6) is -0.205. The fourth-order valence-electron chi connectivity index (χ4n) is 1.68. The molecule has 0 aliphatic rings. The van der Waals surface area contributed by atoms with Gasteiger partial charge in [-0.3, -0.25) is 0 Å². The number of halogens is 2. The molecule has 96 valence electrons. The van der Waals surface area contributed by atoms with Crippen LogP contribution in [0.15, 0.2) is 22.7 Å². The lowest BCUT2D eigenvalue weighted by Crippen LogP contribution is -2.45. The quantitative estimate of drug-likeness (QED) is 0.734. The average Bonchev–Trinajstić information content (AvgIpc) is 2.22. The van der Waals surface area contributed by atoms with Gasteiger partial charge in [-0.05, 0) is 51.3 Å². The van der Waals surface area contributed by atoms with E-state index in [-0.39, 0.29) is 10.9 Å². The van der Waals surface area contributed by atoms with Gasteiger partial charge >= 0.3 is 0 Å². The molecule has 1 nitrogen and oxygen atoms in total. The molecular weight excluding hydrogens is 299 g/mol. The van der Waals surface area contributed by atoms with E-state index in [1.807, 2.05) is 6.07 Å². The van der Waals surface area contributed by atoms with Crippen LogP contribution >= 0.6 is 15.9 Å². The summed E-state index contributed by atoms with van der Waals surface area (Å²) in [7, 11) is -0.118. The molecular formula is C13H20BrFOSi. The van der Waals surface area contributed by atoms with Crippen molar-refractivity contribution in [2.45, 2.75) is 38.4 Å². The van der Waals surface area contributed by atoms with Crippen molar-refractivity contribution in [2.75, 3.05) is 7.11 Å². The van der Waals surface area contributed by atoms with E-state index < -0.39 is 8.32 Å². The maximum Gasteiger partial charge on any atom is 0.198 e. The van der Waals surface area contributed by atoms with E-state index in [1.54, 1.807) is 19.2 Å². The van der Waals surface area contributed by atoms with Crippen molar-refractivity contribution in [3.05, 3.63) is 34.1 Å². The standard InChI is InChI=1S/C13H20BrFOSi/c1-13(2,3)17(5,16-4)9-10-6-7-11(14)12(15)8-10/h6-8H,9H2,1-5H3. The number of benzene rings is 1. The summed E-state index contributed by atoms with van der Waals surface area (Å²) >= 11 is 3.17. The van der Waals surface area contributed by atoms with Gasteiger partial charge in [-0.1, -0.05) is 26.8 Å².